The molecule has 104 valence electrons. The number of rotatable bonds is 3. The van der Waals surface area contributed by atoms with Crippen LogP contribution in [0.2, 0.25) is 0 Å². The average Bonchev–Trinajstić information content (AvgIpc) is 2.92. The molecule has 1 aliphatic heterocycles. The number of nitrogens with two attached hydrogens (primary N) is 1. The van der Waals surface area contributed by atoms with Crippen LogP contribution < -0.4 is 15.4 Å². The van der Waals surface area contributed by atoms with Crippen LogP contribution >= 0.6 is 0 Å². The molecule has 2 N–H and O–H groups in total. The van der Waals surface area contributed by atoms with E-state index in [2.05, 4.69) is 4.98 Å². The number of oxazole rings is 1. The number of fused-ring (bicyclic) bond motifs is 1. The molecule has 2 heterocycles. The molecule has 0 aliphatic carbocycles. The molecule has 1 aromatic carbocycles. The first kappa shape index (κ1) is 12.7. The minimum atomic E-state index is -0.0779. The highest BCUT2D eigenvalue weighted by molar-refractivity contribution is 5.97. The van der Waals surface area contributed by atoms with Crippen LogP contribution in [-0.2, 0) is 11.2 Å². The highest BCUT2D eigenvalue weighted by Gasteiger charge is 2.23. The van der Waals surface area contributed by atoms with Crippen molar-refractivity contribution in [3.8, 4) is 17.2 Å². The molecule has 1 aliphatic rings. The van der Waals surface area contributed by atoms with E-state index in [9.17, 15) is 4.79 Å². The number of amides is 1. The standard InChI is InChI=1S/C14H15N3O3/c1-17-11-6-9(2-3-12(11)19-8-13(17)18)14-16-10(4-5-15)7-20-14/h2-3,6-7H,4-5,8,15H2,1H3. The van der Waals surface area contributed by atoms with Crippen molar-refractivity contribution in [2.75, 3.05) is 25.1 Å². The lowest BCUT2D eigenvalue weighted by Gasteiger charge is -2.26. The normalized spacial score (nSPS) is 14.1. The van der Waals surface area contributed by atoms with Crippen molar-refractivity contribution >= 4 is 11.6 Å². The fourth-order valence-corrected chi connectivity index (χ4v) is 2.11. The molecule has 0 spiro atoms. The third-order valence-electron chi connectivity index (χ3n) is 3.24. The van der Waals surface area contributed by atoms with E-state index in [1.807, 2.05) is 18.2 Å². The SMILES string of the molecule is CN1C(=O)COc2ccc(-c3nc(CCN)co3)cc21. The number of anilines is 1. The zero-order chi connectivity index (χ0) is 14.1. The highest BCUT2D eigenvalue weighted by Crippen LogP contribution is 2.35. The summed E-state index contributed by atoms with van der Waals surface area (Å²) in [6.07, 6.45) is 2.28. The van der Waals surface area contributed by atoms with E-state index >= 15 is 0 Å². The van der Waals surface area contributed by atoms with E-state index in [4.69, 9.17) is 14.9 Å². The van der Waals surface area contributed by atoms with Gasteiger partial charge in [0.1, 0.15) is 12.0 Å². The Kier molecular flexibility index (Phi) is 3.15. The summed E-state index contributed by atoms with van der Waals surface area (Å²) < 4.78 is 10.8. The van der Waals surface area contributed by atoms with Gasteiger partial charge in [-0.1, -0.05) is 0 Å². The molecule has 0 unspecified atom stereocenters. The van der Waals surface area contributed by atoms with E-state index < -0.39 is 0 Å². The number of benzene rings is 1. The van der Waals surface area contributed by atoms with Crippen LogP contribution in [0.3, 0.4) is 0 Å². The number of hydrogen-bond acceptors (Lipinski definition) is 5. The summed E-state index contributed by atoms with van der Waals surface area (Å²) >= 11 is 0. The first-order valence-corrected chi connectivity index (χ1v) is 6.37. The molecule has 6 nitrogen and oxygen atoms in total. The number of aromatic nitrogens is 1. The zero-order valence-electron chi connectivity index (χ0n) is 11.1. The Labute approximate surface area is 116 Å². The van der Waals surface area contributed by atoms with Gasteiger partial charge in [0.15, 0.2) is 6.61 Å². The van der Waals surface area contributed by atoms with Gasteiger partial charge in [-0.05, 0) is 24.7 Å². The van der Waals surface area contributed by atoms with Crippen molar-refractivity contribution in [1.82, 2.24) is 4.98 Å². The average molecular weight is 273 g/mol. The van der Waals surface area contributed by atoms with Gasteiger partial charge < -0.3 is 19.8 Å². The lowest BCUT2D eigenvalue weighted by molar-refractivity contribution is -0.120. The smallest absolute Gasteiger partial charge is 0.264 e. The third-order valence-corrected chi connectivity index (χ3v) is 3.24. The van der Waals surface area contributed by atoms with Crippen molar-refractivity contribution in [3.05, 3.63) is 30.2 Å². The summed E-state index contributed by atoms with van der Waals surface area (Å²) in [5.74, 6) is 1.12. The molecule has 1 amide bonds. The Balaban J connectivity index is 1.96. The second kappa shape index (κ2) is 4.97. The third kappa shape index (κ3) is 2.14. The van der Waals surface area contributed by atoms with Crippen LogP contribution in [0.25, 0.3) is 11.5 Å². The van der Waals surface area contributed by atoms with Crippen LogP contribution in [-0.4, -0.2) is 31.1 Å². The predicted molar refractivity (Wildman–Crippen MR) is 73.6 cm³/mol. The lowest BCUT2D eigenvalue weighted by atomic mass is 10.1. The molecule has 0 radical (unpaired) electrons. The van der Waals surface area contributed by atoms with Crippen LogP contribution in [0.1, 0.15) is 5.69 Å². The molecule has 0 fully saturated rings. The molecule has 0 saturated carbocycles. The molecule has 1 aromatic heterocycles. The number of carbonyl (C=O) groups excluding carboxylic acids is 1. The van der Waals surface area contributed by atoms with E-state index in [0.29, 0.717) is 24.6 Å². The first-order chi connectivity index (χ1) is 9.69. The quantitative estimate of drug-likeness (QED) is 0.908. The Morgan fingerprint density at radius 1 is 1.45 bits per heavy atom. The molecule has 0 bridgehead atoms. The maximum absolute atomic E-state index is 11.6. The minimum absolute atomic E-state index is 0.0719. The second-order valence-corrected chi connectivity index (χ2v) is 4.61. The number of hydrogen-bond donors (Lipinski definition) is 1. The van der Waals surface area contributed by atoms with Crippen LogP contribution in [0.5, 0.6) is 5.75 Å². The van der Waals surface area contributed by atoms with Crippen molar-refractivity contribution in [2.24, 2.45) is 5.73 Å². The van der Waals surface area contributed by atoms with Crippen molar-refractivity contribution < 1.29 is 13.9 Å². The minimum Gasteiger partial charge on any atom is -0.482 e. The number of likely N-dealkylation sites (N-methyl/N-ethyl adjacent to an activating group) is 1. The van der Waals surface area contributed by atoms with Gasteiger partial charge in [-0.3, -0.25) is 4.79 Å². The molecule has 3 rings (SSSR count). The maximum Gasteiger partial charge on any atom is 0.264 e. The van der Waals surface area contributed by atoms with Crippen LogP contribution in [0.15, 0.2) is 28.9 Å². The van der Waals surface area contributed by atoms with Gasteiger partial charge in [-0.2, -0.15) is 0 Å². The number of carbonyl (C=O) groups is 1. The summed E-state index contributed by atoms with van der Waals surface area (Å²) in [4.78, 5) is 17.6. The highest BCUT2D eigenvalue weighted by atomic mass is 16.5. The summed E-state index contributed by atoms with van der Waals surface area (Å²) in [6.45, 7) is 0.601. The van der Waals surface area contributed by atoms with Crippen LogP contribution in [0, 0.1) is 0 Å². The molecule has 20 heavy (non-hydrogen) atoms. The summed E-state index contributed by atoms with van der Waals surface area (Å²) in [7, 11) is 1.73. The Morgan fingerprint density at radius 2 is 2.30 bits per heavy atom. The van der Waals surface area contributed by atoms with Crippen molar-refractivity contribution in [2.45, 2.75) is 6.42 Å². The van der Waals surface area contributed by atoms with E-state index in [-0.39, 0.29) is 12.5 Å². The number of nitrogens with zero attached hydrogens (tertiary/aromatic N) is 2. The van der Waals surface area contributed by atoms with Gasteiger partial charge >= 0.3 is 0 Å². The maximum atomic E-state index is 11.6. The Bertz CT molecular complexity index is 651. The lowest BCUT2D eigenvalue weighted by Crippen LogP contribution is -2.35. The molecular formula is C14H15N3O3. The molecular weight excluding hydrogens is 258 g/mol. The monoisotopic (exact) mass is 273 g/mol. The Hall–Kier alpha value is -2.34. The molecule has 2 aromatic rings. The summed E-state index contributed by atoms with van der Waals surface area (Å²) in [5.41, 5.74) is 7.83. The second-order valence-electron chi connectivity index (χ2n) is 4.61. The van der Waals surface area contributed by atoms with Crippen molar-refractivity contribution in [3.63, 3.8) is 0 Å². The fourth-order valence-electron chi connectivity index (χ4n) is 2.11. The van der Waals surface area contributed by atoms with Gasteiger partial charge in [0, 0.05) is 19.0 Å². The molecule has 6 heteroatoms. The predicted octanol–water partition coefficient (Wildman–Crippen LogP) is 1.20. The van der Waals surface area contributed by atoms with Crippen molar-refractivity contribution in [1.29, 1.82) is 0 Å². The summed E-state index contributed by atoms with van der Waals surface area (Å²) in [5, 5.41) is 0. The zero-order valence-corrected chi connectivity index (χ0v) is 11.1. The van der Waals surface area contributed by atoms with E-state index in [1.165, 1.54) is 0 Å². The van der Waals surface area contributed by atoms with Gasteiger partial charge in [-0.25, -0.2) is 4.98 Å². The van der Waals surface area contributed by atoms with Gasteiger partial charge in [-0.15, -0.1) is 0 Å². The summed E-state index contributed by atoms with van der Waals surface area (Å²) in [6, 6.07) is 5.52. The molecule has 0 saturated heterocycles. The first-order valence-electron chi connectivity index (χ1n) is 6.37. The van der Waals surface area contributed by atoms with Crippen LogP contribution in [0.4, 0.5) is 5.69 Å². The topological polar surface area (TPSA) is 81.6 Å². The van der Waals surface area contributed by atoms with Gasteiger partial charge in [0.05, 0.1) is 11.4 Å². The fraction of sp³-hybridized carbons (Fsp3) is 0.286. The molecule has 0 atom stereocenters. The number of ether oxygens (including phenoxy) is 1. The Morgan fingerprint density at radius 3 is 3.10 bits per heavy atom. The van der Waals surface area contributed by atoms with E-state index in [1.54, 1.807) is 18.2 Å². The van der Waals surface area contributed by atoms with Gasteiger partial charge in [0.2, 0.25) is 5.89 Å². The van der Waals surface area contributed by atoms with E-state index in [0.717, 1.165) is 16.9 Å². The van der Waals surface area contributed by atoms with Gasteiger partial charge in [0.25, 0.3) is 5.91 Å². The largest absolute Gasteiger partial charge is 0.482 e.